The molecule has 0 saturated carbocycles. The minimum Gasteiger partial charge on any atom is -0.386 e. The highest BCUT2D eigenvalue weighted by Crippen LogP contribution is 2.23. The minimum absolute atomic E-state index is 0.0936. The van der Waals surface area contributed by atoms with Gasteiger partial charge in [0.15, 0.2) is 5.03 Å². The van der Waals surface area contributed by atoms with Crippen LogP contribution < -0.4 is 5.32 Å². The van der Waals surface area contributed by atoms with Crippen molar-refractivity contribution in [1.29, 1.82) is 0 Å². The van der Waals surface area contributed by atoms with Crippen LogP contribution in [0.15, 0.2) is 23.4 Å². The number of aromatic nitrogens is 1. The van der Waals surface area contributed by atoms with E-state index in [1.165, 1.54) is 10.5 Å². The van der Waals surface area contributed by atoms with Crippen LogP contribution in [0.2, 0.25) is 0 Å². The van der Waals surface area contributed by atoms with Gasteiger partial charge in [0.25, 0.3) is 10.0 Å². The maximum absolute atomic E-state index is 12.7. The van der Waals surface area contributed by atoms with Gasteiger partial charge in [-0.1, -0.05) is 6.92 Å². The summed E-state index contributed by atoms with van der Waals surface area (Å²) in [6.45, 7) is 4.64. The molecule has 2 rings (SSSR count). The first kappa shape index (κ1) is 16.2. The number of likely N-dealkylation sites (N-methyl/N-ethyl adjacent to an activating group) is 2. The molecule has 118 valence electrons. The lowest BCUT2D eigenvalue weighted by Crippen LogP contribution is -2.41. The Morgan fingerprint density at radius 2 is 2.29 bits per heavy atom. The molecule has 1 saturated heterocycles. The molecule has 1 aromatic heterocycles. The maximum atomic E-state index is 12.7. The van der Waals surface area contributed by atoms with E-state index in [4.69, 9.17) is 0 Å². The van der Waals surface area contributed by atoms with Crippen molar-refractivity contribution >= 4 is 15.7 Å². The van der Waals surface area contributed by atoms with Crippen LogP contribution in [-0.4, -0.2) is 62.4 Å². The van der Waals surface area contributed by atoms with Gasteiger partial charge in [0.1, 0.15) is 0 Å². The number of hydrogen-bond donors (Lipinski definition) is 1. The first-order valence-electron chi connectivity index (χ1n) is 7.33. The summed E-state index contributed by atoms with van der Waals surface area (Å²) in [5.74, 6) is 0. The zero-order valence-corrected chi connectivity index (χ0v) is 13.7. The number of hydrogen-bond acceptors (Lipinski definition) is 5. The molecule has 0 aromatic carbocycles. The summed E-state index contributed by atoms with van der Waals surface area (Å²) in [6.07, 6.45) is 3.70. The molecule has 0 spiro atoms. The van der Waals surface area contributed by atoms with Crippen LogP contribution in [0.1, 0.15) is 19.8 Å². The van der Waals surface area contributed by atoms with E-state index in [0.29, 0.717) is 18.3 Å². The first-order valence-corrected chi connectivity index (χ1v) is 8.77. The Hall–Kier alpha value is -1.18. The van der Waals surface area contributed by atoms with E-state index >= 15 is 0 Å². The van der Waals surface area contributed by atoms with Crippen molar-refractivity contribution in [2.45, 2.75) is 30.8 Å². The average Bonchev–Trinajstić information content (AvgIpc) is 2.94. The largest absolute Gasteiger partial charge is 0.386 e. The Bertz CT molecular complexity index is 576. The Morgan fingerprint density at radius 3 is 2.95 bits per heavy atom. The molecule has 1 unspecified atom stereocenters. The molecule has 21 heavy (non-hydrogen) atoms. The second-order valence-corrected chi connectivity index (χ2v) is 7.28. The van der Waals surface area contributed by atoms with Gasteiger partial charge in [0, 0.05) is 32.9 Å². The normalized spacial score (nSPS) is 20.1. The lowest BCUT2D eigenvalue weighted by molar-refractivity contribution is 0.237. The lowest BCUT2D eigenvalue weighted by atomic mass is 10.2. The quantitative estimate of drug-likeness (QED) is 0.856. The maximum Gasteiger partial charge on any atom is 0.262 e. The molecule has 1 fully saturated rings. The number of rotatable bonds is 6. The molecule has 1 aliphatic rings. The van der Waals surface area contributed by atoms with Crippen LogP contribution in [0.4, 0.5) is 5.69 Å². The predicted octanol–water partition coefficient (Wildman–Crippen LogP) is 1.23. The zero-order valence-electron chi connectivity index (χ0n) is 12.9. The van der Waals surface area contributed by atoms with Gasteiger partial charge in [-0.05, 0) is 38.1 Å². The summed E-state index contributed by atoms with van der Waals surface area (Å²) in [5.41, 5.74) is 0.531. The number of nitrogens with one attached hydrogen (secondary N) is 1. The van der Waals surface area contributed by atoms with Gasteiger partial charge < -0.3 is 5.32 Å². The van der Waals surface area contributed by atoms with E-state index in [0.717, 1.165) is 25.9 Å². The molecule has 1 atom stereocenters. The van der Waals surface area contributed by atoms with Crippen molar-refractivity contribution < 1.29 is 8.42 Å². The minimum atomic E-state index is -3.57. The molecule has 0 amide bonds. The summed E-state index contributed by atoms with van der Waals surface area (Å²) in [7, 11) is -0.233. The Kier molecular flexibility index (Phi) is 5.18. The number of anilines is 1. The molecule has 0 bridgehead atoms. The molecule has 0 aliphatic carbocycles. The molecule has 1 aliphatic heterocycles. The third-order valence-electron chi connectivity index (χ3n) is 4.07. The second kappa shape index (κ2) is 6.72. The van der Waals surface area contributed by atoms with E-state index in [-0.39, 0.29) is 5.03 Å². The standard InChI is InChI=1S/C14H24N4O2S/c1-4-18-10-6-7-12(18)11-17(3)21(19,20)14-13(15-2)8-5-9-16-14/h5,8-9,12,15H,4,6-7,10-11H2,1-3H3. The van der Waals surface area contributed by atoms with Gasteiger partial charge in [-0.3, -0.25) is 4.90 Å². The highest BCUT2D eigenvalue weighted by Gasteiger charge is 2.31. The van der Waals surface area contributed by atoms with E-state index in [1.807, 2.05) is 0 Å². The summed E-state index contributed by atoms with van der Waals surface area (Å²) >= 11 is 0. The van der Waals surface area contributed by atoms with Crippen LogP contribution in [0.25, 0.3) is 0 Å². The Morgan fingerprint density at radius 1 is 1.52 bits per heavy atom. The third kappa shape index (κ3) is 3.36. The molecule has 1 aromatic rings. The Labute approximate surface area is 127 Å². The topological polar surface area (TPSA) is 65.5 Å². The van der Waals surface area contributed by atoms with Gasteiger partial charge in [-0.2, -0.15) is 4.31 Å². The van der Waals surface area contributed by atoms with Crippen molar-refractivity contribution in [3.63, 3.8) is 0 Å². The average molecular weight is 312 g/mol. The molecule has 0 radical (unpaired) electrons. The van der Waals surface area contributed by atoms with Crippen molar-refractivity contribution in [3.8, 4) is 0 Å². The van der Waals surface area contributed by atoms with E-state index in [1.54, 1.807) is 26.2 Å². The Balaban J connectivity index is 2.19. The molecule has 6 nitrogen and oxygen atoms in total. The monoisotopic (exact) mass is 312 g/mol. The van der Waals surface area contributed by atoms with E-state index in [9.17, 15) is 8.42 Å². The summed E-state index contributed by atoms with van der Waals surface area (Å²) in [6, 6.07) is 3.75. The van der Waals surface area contributed by atoms with Crippen molar-refractivity contribution in [1.82, 2.24) is 14.2 Å². The van der Waals surface area contributed by atoms with Gasteiger partial charge in [-0.25, -0.2) is 13.4 Å². The van der Waals surface area contributed by atoms with Crippen molar-refractivity contribution in [2.24, 2.45) is 0 Å². The van der Waals surface area contributed by atoms with Gasteiger partial charge in [0.05, 0.1) is 5.69 Å². The molecular weight excluding hydrogens is 288 g/mol. The van der Waals surface area contributed by atoms with Crippen LogP contribution >= 0.6 is 0 Å². The van der Waals surface area contributed by atoms with Crippen LogP contribution in [0, 0.1) is 0 Å². The second-order valence-electron chi connectivity index (χ2n) is 5.32. The number of nitrogens with zero attached hydrogens (tertiary/aromatic N) is 3. The summed E-state index contributed by atoms with van der Waals surface area (Å²) in [5, 5.41) is 2.98. The zero-order chi connectivity index (χ0) is 15.5. The van der Waals surface area contributed by atoms with Gasteiger partial charge in [-0.15, -0.1) is 0 Å². The fourth-order valence-electron chi connectivity index (χ4n) is 2.85. The summed E-state index contributed by atoms with van der Waals surface area (Å²) in [4.78, 5) is 6.39. The van der Waals surface area contributed by atoms with Crippen LogP contribution in [0.5, 0.6) is 0 Å². The fourth-order valence-corrected chi connectivity index (χ4v) is 4.15. The smallest absolute Gasteiger partial charge is 0.262 e. The SMILES string of the molecule is CCN1CCCC1CN(C)S(=O)(=O)c1ncccc1NC. The molecular formula is C14H24N4O2S. The van der Waals surface area contributed by atoms with Crippen LogP contribution in [-0.2, 0) is 10.0 Å². The van der Waals surface area contributed by atoms with Crippen molar-refractivity contribution in [3.05, 3.63) is 18.3 Å². The molecule has 7 heteroatoms. The molecule has 2 heterocycles. The van der Waals surface area contributed by atoms with Gasteiger partial charge >= 0.3 is 0 Å². The van der Waals surface area contributed by atoms with Gasteiger partial charge in [0.2, 0.25) is 0 Å². The number of pyridine rings is 1. The fraction of sp³-hybridized carbons (Fsp3) is 0.643. The summed E-state index contributed by atoms with van der Waals surface area (Å²) < 4.78 is 26.8. The number of likely N-dealkylation sites (tertiary alicyclic amines) is 1. The van der Waals surface area contributed by atoms with Crippen LogP contribution in [0.3, 0.4) is 0 Å². The highest BCUT2D eigenvalue weighted by molar-refractivity contribution is 7.89. The lowest BCUT2D eigenvalue weighted by Gasteiger charge is -2.27. The van der Waals surface area contributed by atoms with Crippen molar-refractivity contribution in [2.75, 3.05) is 39.0 Å². The number of sulfonamides is 1. The highest BCUT2D eigenvalue weighted by atomic mass is 32.2. The predicted molar refractivity (Wildman–Crippen MR) is 83.9 cm³/mol. The third-order valence-corrected chi connectivity index (χ3v) is 5.85. The van der Waals surface area contributed by atoms with E-state index < -0.39 is 10.0 Å². The molecule has 1 N–H and O–H groups in total. The first-order chi connectivity index (χ1) is 10.0. The van der Waals surface area contributed by atoms with E-state index in [2.05, 4.69) is 22.1 Å².